The van der Waals surface area contributed by atoms with E-state index >= 15 is 0 Å². The molecule has 0 aromatic heterocycles. The number of alkyl halides is 4. The van der Waals surface area contributed by atoms with Gasteiger partial charge in [0.2, 0.25) is 0 Å². The maximum Gasteiger partial charge on any atom is 0.416 e. The second-order valence-electron chi connectivity index (χ2n) is 4.83. The number of hydrogen-bond acceptors (Lipinski definition) is 1. The summed E-state index contributed by atoms with van der Waals surface area (Å²) >= 11 is 8.76. The maximum atomic E-state index is 12.8. The summed E-state index contributed by atoms with van der Waals surface area (Å²) in [5, 5.41) is 0. The van der Waals surface area contributed by atoms with Gasteiger partial charge in [0.25, 0.3) is 5.91 Å². The zero-order chi connectivity index (χ0) is 16.2. The summed E-state index contributed by atoms with van der Waals surface area (Å²) in [6, 6.07) is 2.94. The van der Waals surface area contributed by atoms with E-state index in [0.717, 1.165) is 12.1 Å². The lowest BCUT2D eigenvalue weighted by Gasteiger charge is -2.27. The van der Waals surface area contributed by atoms with Crippen LogP contribution in [0.15, 0.2) is 22.7 Å². The van der Waals surface area contributed by atoms with Crippen molar-refractivity contribution in [2.24, 2.45) is 0 Å². The van der Waals surface area contributed by atoms with Crippen LogP contribution in [0.1, 0.15) is 36.2 Å². The molecular formula is C14H16BrClF3NO. The van der Waals surface area contributed by atoms with Crippen LogP contribution in [0.3, 0.4) is 0 Å². The van der Waals surface area contributed by atoms with Gasteiger partial charge >= 0.3 is 6.18 Å². The van der Waals surface area contributed by atoms with E-state index in [1.807, 2.05) is 13.8 Å². The Morgan fingerprint density at radius 3 is 2.48 bits per heavy atom. The van der Waals surface area contributed by atoms with Crippen molar-refractivity contribution in [1.82, 2.24) is 4.90 Å². The first-order valence-corrected chi connectivity index (χ1v) is 7.75. The third-order valence-electron chi connectivity index (χ3n) is 2.94. The van der Waals surface area contributed by atoms with Crippen molar-refractivity contribution in [2.75, 3.05) is 12.4 Å². The van der Waals surface area contributed by atoms with E-state index in [1.165, 1.54) is 11.0 Å². The predicted octanol–water partition coefficient (Wildman–Crippen LogP) is 4.95. The number of amides is 1. The molecule has 1 aromatic carbocycles. The fraction of sp³-hybridized carbons (Fsp3) is 0.500. The van der Waals surface area contributed by atoms with Crippen molar-refractivity contribution in [2.45, 2.75) is 32.5 Å². The maximum absolute atomic E-state index is 12.8. The molecule has 0 heterocycles. The summed E-state index contributed by atoms with van der Waals surface area (Å²) in [7, 11) is 0. The molecule has 2 nitrogen and oxygen atoms in total. The van der Waals surface area contributed by atoms with E-state index in [9.17, 15) is 18.0 Å². The van der Waals surface area contributed by atoms with Gasteiger partial charge in [-0.15, -0.1) is 11.6 Å². The molecule has 7 heteroatoms. The standard InChI is InChI=1S/C14H16BrClF3NO/c1-9(2)20(7-3-6-16)13(21)11-8-10(14(17,18)19)4-5-12(11)15/h4-5,8-9H,3,6-7H2,1-2H3. The number of hydrogen-bond donors (Lipinski definition) is 0. The van der Waals surface area contributed by atoms with E-state index in [2.05, 4.69) is 15.9 Å². The van der Waals surface area contributed by atoms with Crippen LogP contribution in [-0.4, -0.2) is 29.3 Å². The first-order chi connectivity index (χ1) is 9.68. The molecular weight excluding hydrogens is 371 g/mol. The normalized spacial score (nSPS) is 11.8. The molecule has 0 spiro atoms. The molecule has 1 aromatic rings. The Balaban J connectivity index is 3.15. The highest BCUT2D eigenvalue weighted by Gasteiger charge is 2.32. The number of nitrogens with zero attached hydrogens (tertiary/aromatic N) is 1. The van der Waals surface area contributed by atoms with Gasteiger partial charge in [-0.05, 0) is 54.4 Å². The molecule has 1 amide bonds. The number of carbonyl (C=O) groups excluding carboxylic acids is 1. The van der Waals surface area contributed by atoms with Gasteiger partial charge in [-0.2, -0.15) is 13.2 Å². The molecule has 118 valence electrons. The quantitative estimate of drug-likeness (QED) is 0.656. The number of benzene rings is 1. The van der Waals surface area contributed by atoms with Crippen molar-refractivity contribution in [3.63, 3.8) is 0 Å². The summed E-state index contributed by atoms with van der Waals surface area (Å²) in [6.45, 7) is 4.03. The summed E-state index contributed by atoms with van der Waals surface area (Å²) in [5.74, 6) is -0.0478. The molecule has 0 aliphatic carbocycles. The average Bonchev–Trinajstić information content (AvgIpc) is 2.37. The molecule has 0 atom stereocenters. The number of halogens is 5. The fourth-order valence-electron chi connectivity index (χ4n) is 1.84. The van der Waals surface area contributed by atoms with Gasteiger partial charge in [-0.3, -0.25) is 4.79 Å². The minimum absolute atomic E-state index is 0.00750. The minimum atomic E-state index is -4.48. The van der Waals surface area contributed by atoms with Crippen molar-refractivity contribution in [3.05, 3.63) is 33.8 Å². The predicted molar refractivity (Wildman–Crippen MR) is 80.7 cm³/mol. The third-order valence-corrected chi connectivity index (χ3v) is 3.90. The first kappa shape index (κ1) is 18.3. The monoisotopic (exact) mass is 385 g/mol. The van der Waals surface area contributed by atoms with Crippen molar-refractivity contribution in [3.8, 4) is 0 Å². The van der Waals surface area contributed by atoms with Crippen molar-refractivity contribution < 1.29 is 18.0 Å². The van der Waals surface area contributed by atoms with Crippen LogP contribution in [0.4, 0.5) is 13.2 Å². The fourth-order valence-corrected chi connectivity index (χ4v) is 2.38. The molecule has 0 aliphatic rings. The summed E-state index contributed by atoms with van der Waals surface area (Å²) in [5.41, 5.74) is -0.830. The summed E-state index contributed by atoms with van der Waals surface area (Å²) < 4.78 is 38.6. The van der Waals surface area contributed by atoms with Crippen molar-refractivity contribution in [1.29, 1.82) is 0 Å². The second kappa shape index (κ2) is 7.49. The largest absolute Gasteiger partial charge is 0.416 e. The zero-order valence-corrected chi connectivity index (χ0v) is 14.0. The molecule has 1 rings (SSSR count). The Kier molecular flexibility index (Phi) is 6.53. The highest BCUT2D eigenvalue weighted by atomic mass is 79.9. The Labute approximate surface area is 135 Å². The van der Waals surface area contributed by atoms with Crippen LogP contribution in [0, 0.1) is 0 Å². The lowest BCUT2D eigenvalue weighted by atomic mass is 10.1. The summed E-state index contributed by atoms with van der Waals surface area (Å²) in [4.78, 5) is 14.0. The molecule has 0 radical (unpaired) electrons. The number of carbonyl (C=O) groups is 1. The number of rotatable bonds is 5. The first-order valence-electron chi connectivity index (χ1n) is 6.42. The highest BCUT2D eigenvalue weighted by molar-refractivity contribution is 9.10. The van der Waals surface area contributed by atoms with Gasteiger partial charge in [-0.25, -0.2) is 0 Å². The second-order valence-corrected chi connectivity index (χ2v) is 6.06. The van der Waals surface area contributed by atoms with Gasteiger partial charge < -0.3 is 4.90 Å². The van der Waals surface area contributed by atoms with Crippen LogP contribution in [-0.2, 0) is 6.18 Å². The molecule has 0 N–H and O–H groups in total. The van der Waals surface area contributed by atoms with Crippen molar-refractivity contribution >= 4 is 33.4 Å². The lowest BCUT2D eigenvalue weighted by Crippen LogP contribution is -2.38. The molecule has 21 heavy (non-hydrogen) atoms. The van der Waals surface area contributed by atoms with E-state index in [4.69, 9.17) is 11.6 Å². The molecule has 0 saturated heterocycles. The Bertz CT molecular complexity index is 505. The van der Waals surface area contributed by atoms with E-state index in [0.29, 0.717) is 23.3 Å². The van der Waals surface area contributed by atoms with Gasteiger partial charge in [0.05, 0.1) is 11.1 Å². The molecule has 0 fully saturated rings. The van der Waals surface area contributed by atoms with E-state index < -0.39 is 17.6 Å². The van der Waals surface area contributed by atoms with Gasteiger partial charge in [0, 0.05) is 22.9 Å². The Morgan fingerprint density at radius 1 is 1.38 bits per heavy atom. The summed E-state index contributed by atoms with van der Waals surface area (Å²) in [6.07, 6.45) is -3.89. The van der Waals surface area contributed by atoms with Crippen LogP contribution in [0.5, 0.6) is 0 Å². The SMILES string of the molecule is CC(C)N(CCCCl)C(=O)c1cc(C(F)(F)F)ccc1Br. The van der Waals surface area contributed by atoms with Gasteiger partial charge in [-0.1, -0.05) is 0 Å². The topological polar surface area (TPSA) is 20.3 Å². The molecule has 0 unspecified atom stereocenters. The van der Waals surface area contributed by atoms with E-state index in [1.54, 1.807) is 0 Å². The smallest absolute Gasteiger partial charge is 0.336 e. The van der Waals surface area contributed by atoms with Crippen LogP contribution >= 0.6 is 27.5 Å². The van der Waals surface area contributed by atoms with Gasteiger partial charge in [0.1, 0.15) is 0 Å². The average molecular weight is 387 g/mol. The van der Waals surface area contributed by atoms with E-state index in [-0.39, 0.29) is 11.6 Å². The highest BCUT2D eigenvalue weighted by Crippen LogP contribution is 2.32. The third kappa shape index (κ3) is 4.88. The van der Waals surface area contributed by atoms with Crippen LogP contribution in [0.25, 0.3) is 0 Å². The molecule has 0 bridgehead atoms. The Morgan fingerprint density at radius 2 is 2.00 bits per heavy atom. The van der Waals surface area contributed by atoms with Gasteiger partial charge in [0.15, 0.2) is 0 Å². The van der Waals surface area contributed by atoms with Crippen LogP contribution < -0.4 is 0 Å². The minimum Gasteiger partial charge on any atom is -0.336 e. The van der Waals surface area contributed by atoms with Crippen LogP contribution in [0.2, 0.25) is 0 Å². The molecule has 0 aliphatic heterocycles. The molecule has 0 saturated carbocycles. The Hall–Kier alpha value is -0.750. The zero-order valence-electron chi connectivity index (χ0n) is 11.7. The lowest BCUT2D eigenvalue weighted by molar-refractivity contribution is -0.137.